The first-order valence-electron chi connectivity index (χ1n) is 7.84. The molecule has 2 saturated heterocycles. The van der Waals surface area contributed by atoms with Crippen molar-refractivity contribution in [2.75, 3.05) is 13.7 Å². The molecule has 0 aromatic carbocycles. The van der Waals surface area contributed by atoms with Crippen LogP contribution in [0.5, 0.6) is 0 Å². The van der Waals surface area contributed by atoms with E-state index >= 15 is 0 Å². The minimum Gasteiger partial charge on any atom is -0.464 e. The number of quaternary nitrogens is 1. The van der Waals surface area contributed by atoms with Crippen molar-refractivity contribution in [2.45, 2.75) is 31.8 Å². The highest BCUT2D eigenvalue weighted by molar-refractivity contribution is 7.10. The van der Waals surface area contributed by atoms with E-state index in [1.54, 1.807) is 18.3 Å². The Morgan fingerprint density at radius 1 is 1.39 bits per heavy atom. The zero-order valence-electron chi connectivity index (χ0n) is 13.4. The first-order chi connectivity index (χ1) is 11.0. The van der Waals surface area contributed by atoms with Crippen molar-refractivity contribution in [1.82, 2.24) is 4.90 Å². The maximum absolute atomic E-state index is 12.8. The number of rotatable bonds is 4. The first kappa shape index (κ1) is 16.1. The molecule has 1 aromatic heterocycles. The van der Waals surface area contributed by atoms with E-state index in [1.165, 1.54) is 12.0 Å². The molecule has 2 aliphatic rings. The number of imide groups is 1. The summed E-state index contributed by atoms with van der Waals surface area (Å²) in [5, 5.41) is 3.84. The van der Waals surface area contributed by atoms with Crippen molar-refractivity contribution in [3.8, 4) is 0 Å². The molecule has 0 saturated carbocycles. The van der Waals surface area contributed by atoms with Crippen molar-refractivity contribution in [3.05, 3.63) is 22.4 Å². The van der Waals surface area contributed by atoms with Crippen molar-refractivity contribution in [2.24, 2.45) is 11.8 Å². The quantitative estimate of drug-likeness (QED) is 0.633. The summed E-state index contributed by atoms with van der Waals surface area (Å²) in [5.41, 5.74) is -1.02. The molecule has 3 heterocycles. The second-order valence-electron chi connectivity index (χ2n) is 6.02. The van der Waals surface area contributed by atoms with Crippen LogP contribution in [0.3, 0.4) is 0 Å². The van der Waals surface area contributed by atoms with Crippen LogP contribution in [0.15, 0.2) is 17.5 Å². The summed E-state index contributed by atoms with van der Waals surface area (Å²) in [6, 6.07) is 3.66. The van der Waals surface area contributed by atoms with Gasteiger partial charge < -0.3 is 10.1 Å². The number of fused-ring (bicyclic) bond motifs is 1. The minimum atomic E-state index is -1.02. The number of carbonyl (C=O) groups is 3. The van der Waals surface area contributed by atoms with E-state index in [1.807, 2.05) is 29.8 Å². The number of amides is 2. The molecule has 0 aliphatic carbocycles. The Labute approximate surface area is 138 Å². The van der Waals surface area contributed by atoms with Gasteiger partial charge in [-0.2, -0.15) is 0 Å². The fraction of sp³-hybridized carbons (Fsp3) is 0.562. The highest BCUT2D eigenvalue weighted by atomic mass is 32.1. The molecule has 0 bridgehead atoms. The molecule has 2 aliphatic heterocycles. The Bertz CT molecular complexity index is 645. The van der Waals surface area contributed by atoms with Gasteiger partial charge in [0.1, 0.15) is 17.9 Å². The van der Waals surface area contributed by atoms with Gasteiger partial charge in [-0.1, -0.05) is 13.0 Å². The molecule has 7 heteroatoms. The second-order valence-corrected chi connectivity index (χ2v) is 7.00. The number of thiophene rings is 1. The molecule has 3 rings (SSSR count). The summed E-state index contributed by atoms with van der Waals surface area (Å²) in [7, 11) is 1.33. The fourth-order valence-corrected chi connectivity index (χ4v) is 4.94. The average Bonchev–Trinajstić information content (AvgIpc) is 3.24. The molecule has 0 radical (unpaired) electrons. The molecule has 0 spiro atoms. The lowest BCUT2D eigenvalue weighted by Gasteiger charge is -2.27. The van der Waals surface area contributed by atoms with Gasteiger partial charge in [-0.05, 0) is 18.4 Å². The summed E-state index contributed by atoms with van der Waals surface area (Å²) in [6.07, 6.45) is 0.444. The summed E-state index contributed by atoms with van der Waals surface area (Å²) < 4.78 is 5.01. The van der Waals surface area contributed by atoms with Crippen molar-refractivity contribution in [1.29, 1.82) is 0 Å². The SMILES string of the molecule is CCN1C(=O)[C@H]2[C@@H](C1=O)[C@@](CC)(C(=O)OC)[NH2+][C@H]2c1cccs1. The molecule has 2 N–H and O–H groups in total. The zero-order valence-corrected chi connectivity index (χ0v) is 14.3. The standard InChI is InChI=1S/C16H20N2O4S/c1-4-16(15(21)22-3)11-10(13(19)18(5-2)14(11)20)12(17-16)9-7-6-8-23-9/h6-8,10-12,17H,4-5H2,1-3H3/p+1/t10-,11-,12-,16-/m0/s1. The van der Waals surface area contributed by atoms with Gasteiger partial charge in [0.15, 0.2) is 0 Å². The van der Waals surface area contributed by atoms with Crippen LogP contribution >= 0.6 is 11.3 Å². The van der Waals surface area contributed by atoms with Crippen LogP contribution in [0.2, 0.25) is 0 Å². The lowest BCUT2D eigenvalue weighted by Crippen LogP contribution is -2.98. The van der Waals surface area contributed by atoms with Crippen molar-refractivity contribution >= 4 is 29.1 Å². The molecule has 2 amide bonds. The summed E-state index contributed by atoms with van der Waals surface area (Å²) >= 11 is 1.55. The number of ether oxygens (including phenoxy) is 1. The smallest absolute Gasteiger partial charge is 0.368 e. The number of hydrogen-bond donors (Lipinski definition) is 1. The van der Waals surface area contributed by atoms with Gasteiger partial charge in [0.2, 0.25) is 17.4 Å². The van der Waals surface area contributed by atoms with Crippen LogP contribution in [0, 0.1) is 11.8 Å². The fourth-order valence-electron chi connectivity index (χ4n) is 4.10. The molecule has 6 nitrogen and oxygen atoms in total. The average molecular weight is 337 g/mol. The predicted molar refractivity (Wildman–Crippen MR) is 83.4 cm³/mol. The molecule has 23 heavy (non-hydrogen) atoms. The van der Waals surface area contributed by atoms with Gasteiger partial charge in [0, 0.05) is 13.0 Å². The highest BCUT2D eigenvalue weighted by Crippen LogP contribution is 2.46. The van der Waals surface area contributed by atoms with Crippen molar-refractivity contribution < 1.29 is 24.4 Å². The molecule has 0 unspecified atom stereocenters. The number of methoxy groups -OCH3 is 1. The van der Waals surface area contributed by atoms with Gasteiger partial charge in [-0.25, -0.2) is 4.79 Å². The van der Waals surface area contributed by atoms with Crippen LogP contribution in [0.25, 0.3) is 0 Å². The van der Waals surface area contributed by atoms with E-state index in [4.69, 9.17) is 4.74 Å². The van der Waals surface area contributed by atoms with Gasteiger partial charge in [0.05, 0.1) is 12.0 Å². The number of hydrogen-bond acceptors (Lipinski definition) is 5. The second kappa shape index (κ2) is 5.72. The molecular formula is C16H21N2O4S+. The Balaban J connectivity index is 2.13. The van der Waals surface area contributed by atoms with Crippen LogP contribution in [0.1, 0.15) is 31.2 Å². The monoisotopic (exact) mass is 337 g/mol. The molecule has 2 fully saturated rings. The largest absolute Gasteiger partial charge is 0.464 e. The van der Waals surface area contributed by atoms with E-state index in [-0.39, 0.29) is 17.9 Å². The van der Waals surface area contributed by atoms with E-state index in [2.05, 4.69) is 0 Å². The maximum atomic E-state index is 12.8. The number of likely N-dealkylation sites (tertiary alicyclic amines) is 1. The van der Waals surface area contributed by atoms with Crippen molar-refractivity contribution in [3.63, 3.8) is 0 Å². The maximum Gasteiger partial charge on any atom is 0.368 e. The van der Waals surface area contributed by atoms with Gasteiger partial charge in [-0.15, -0.1) is 11.3 Å². The third kappa shape index (κ3) is 2.06. The van der Waals surface area contributed by atoms with Crippen LogP contribution < -0.4 is 5.32 Å². The van der Waals surface area contributed by atoms with E-state index < -0.39 is 23.3 Å². The third-order valence-electron chi connectivity index (χ3n) is 5.20. The predicted octanol–water partition coefficient (Wildman–Crippen LogP) is 0.309. The number of nitrogens with two attached hydrogens (primary N) is 1. The normalized spacial score (nSPS) is 33.2. The lowest BCUT2D eigenvalue weighted by molar-refractivity contribution is -0.734. The summed E-state index contributed by atoms with van der Waals surface area (Å²) in [4.78, 5) is 40.4. The topological polar surface area (TPSA) is 80.3 Å². The highest BCUT2D eigenvalue weighted by Gasteiger charge is 2.71. The minimum absolute atomic E-state index is 0.170. The molecular weight excluding hydrogens is 316 g/mol. The molecule has 1 aromatic rings. The van der Waals surface area contributed by atoms with E-state index in [0.717, 1.165) is 4.88 Å². The Morgan fingerprint density at radius 3 is 2.65 bits per heavy atom. The zero-order chi connectivity index (χ0) is 16.8. The lowest BCUT2D eigenvalue weighted by atomic mass is 9.78. The van der Waals surface area contributed by atoms with Crippen LogP contribution in [-0.2, 0) is 19.1 Å². The number of nitrogens with zero attached hydrogens (tertiary/aromatic N) is 1. The molecule has 124 valence electrons. The Kier molecular flexibility index (Phi) is 4.01. The van der Waals surface area contributed by atoms with Crippen LogP contribution in [0.4, 0.5) is 0 Å². The number of carbonyl (C=O) groups excluding carboxylic acids is 3. The van der Waals surface area contributed by atoms with Gasteiger partial charge >= 0.3 is 5.97 Å². The van der Waals surface area contributed by atoms with Crippen LogP contribution in [-0.4, -0.2) is 41.9 Å². The summed E-state index contributed by atoms with van der Waals surface area (Å²) in [6.45, 7) is 3.99. The van der Waals surface area contributed by atoms with Gasteiger partial charge in [-0.3, -0.25) is 14.5 Å². The number of esters is 1. The molecule has 4 atom stereocenters. The van der Waals surface area contributed by atoms with E-state index in [9.17, 15) is 14.4 Å². The first-order valence-corrected chi connectivity index (χ1v) is 8.72. The Morgan fingerprint density at radius 2 is 2.13 bits per heavy atom. The van der Waals surface area contributed by atoms with E-state index in [0.29, 0.717) is 13.0 Å². The van der Waals surface area contributed by atoms with Gasteiger partial charge in [0.25, 0.3) is 0 Å². The summed E-state index contributed by atoms with van der Waals surface area (Å²) in [5.74, 6) is -1.99. The Hall–Kier alpha value is -1.73. The third-order valence-corrected chi connectivity index (χ3v) is 6.17.